The van der Waals surface area contributed by atoms with Gasteiger partial charge in [-0.05, 0) is 44.4 Å². The van der Waals surface area contributed by atoms with Crippen LogP contribution in [0.1, 0.15) is 37.9 Å². The Morgan fingerprint density at radius 1 is 1.18 bits per heavy atom. The lowest BCUT2D eigenvalue weighted by atomic mass is 10.0. The van der Waals surface area contributed by atoms with E-state index < -0.39 is 29.8 Å². The van der Waals surface area contributed by atoms with Gasteiger partial charge in [0.2, 0.25) is 6.17 Å². The van der Waals surface area contributed by atoms with E-state index in [4.69, 9.17) is 4.74 Å². The average molecular weight is 385 g/mol. The molecule has 7 heteroatoms. The van der Waals surface area contributed by atoms with Crippen LogP contribution in [0.15, 0.2) is 48.7 Å². The van der Waals surface area contributed by atoms with E-state index in [9.17, 15) is 9.59 Å². The second kappa shape index (κ2) is 7.96. The van der Waals surface area contributed by atoms with Crippen LogP contribution in [0.3, 0.4) is 0 Å². The molecule has 2 aromatic rings. The van der Waals surface area contributed by atoms with Crippen LogP contribution in [-0.4, -0.2) is 35.3 Å². The zero-order chi connectivity index (χ0) is 20.3. The number of nitrogens with zero attached hydrogens (tertiary/aromatic N) is 2. The largest absolute Gasteiger partial charge is 0.444 e. The number of amides is 2. The number of benzene rings is 1. The molecule has 6 nitrogen and oxygen atoms in total. The number of ether oxygens (including phenoxy) is 1. The Kier molecular flexibility index (Phi) is 5.63. The van der Waals surface area contributed by atoms with Crippen molar-refractivity contribution in [3.63, 3.8) is 0 Å². The topological polar surface area (TPSA) is 71.5 Å². The summed E-state index contributed by atoms with van der Waals surface area (Å²) in [4.78, 5) is 30.7. The summed E-state index contributed by atoms with van der Waals surface area (Å²) in [6, 6.07) is 11.1. The van der Waals surface area contributed by atoms with Crippen LogP contribution < -0.4 is 10.2 Å². The van der Waals surface area contributed by atoms with Crippen LogP contribution >= 0.6 is 0 Å². The first kappa shape index (κ1) is 19.8. The summed E-state index contributed by atoms with van der Waals surface area (Å²) in [5.41, 5.74) is 0.646. The quantitative estimate of drug-likeness (QED) is 0.873. The van der Waals surface area contributed by atoms with Gasteiger partial charge in [-0.1, -0.05) is 36.4 Å². The van der Waals surface area contributed by atoms with Gasteiger partial charge < -0.3 is 10.1 Å². The summed E-state index contributed by atoms with van der Waals surface area (Å²) in [6.45, 7) is 5.51. The molecule has 0 aliphatic carbocycles. The van der Waals surface area contributed by atoms with Crippen molar-refractivity contribution in [1.82, 2.24) is 10.3 Å². The normalized spacial score (nSPS) is 15.5. The van der Waals surface area contributed by atoms with Gasteiger partial charge >= 0.3 is 6.09 Å². The first-order valence-electron chi connectivity index (χ1n) is 9.20. The Morgan fingerprint density at radius 2 is 1.89 bits per heavy atom. The number of aromatic nitrogens is 1. The summed E-state index contributed by atoms with van der Waals surface area (Å²) >= 11 is 0. The fraction of sp³-hybridized carbons (Fsp3) is 0.381. The molecule has 28 heavy (non-hydrogen) atoms. The summed E-state index contributed by atoms with van der Waals surface area (Å²) in [5.74, 6) is -0.262. The van der Waals surface area contributed by atoms with Crippen molar-refractivity contribution in [2.45, 2.75) is 45.0 Å². The van der Waals surface area contributed by atoms with Crippen molar-refractivity contribution < 1.29 is 18.7 Å². The van der Waals surface area contributed by atoms with Gasteiger partial charge in [0.15, 0.2) is 0 Å². The number of pyridine rings is 1. The Hall–Kier alpha value is -2.96. The monoisotopic (exact) mass is 385 g/mol. The predicted molar refractivity (Wildman–Crippen MR) is 104 cm³/mol. The third-order valence-corrected chi connectivity index (χ3v) is 4.35. The highest BCUT2D eigenvalue weighted by molar-refractivity contribution is 5.98. The van der Waals surface area contributed by atoms with Crippen molar-refractivity contribution >= 4 is 17.8 Å². The van der Waals surface area contributed by atoms with Crippen LogP contribution in [0.25, 0.3) is 0 Å². The van der Waals surface area contributed by atoms with Crippen LogP contribution in [-0.2, 0) is 16.0 Å². The molecule has 0 unspecified atom stereocenters. The zero-order valence-electron chi connectivity index (χ0n) is 16.2. The molecule has 0 fully saturated rings. The molecule has 0 saturated carbocycles. The standard InChI is InChI=1S/C21H24FN3O3/c1-21(2,3)28-20(27)24-17(14-8-5-4-6-9-14)16(22)19(26)25-13-11-15-10-7-12-23-18(15)25/h4-10,12,16-17H,11,13H2,1-3H3,(H,24,27)/t16-,17-/m0/s1. The Balaban J connectivity index is 1.83. The smallest absolute Gasteiger partial charge is 0.408 e. The number of alkyl halides is 1. The van der Waals surface area contributed by atoms with E-state index in [1.165, 1.54) is 4.90 Å². The van der Waals surface area contributed by atoms with Gasteiger partial charge in [0.05, 0.1) is 6.04 Å². The van der Waals surface area contributed by atoms with E-state index in [2.05, 4.69) is 10.3 Å². The lowest BCUT2D eigenvalue weighted by Gasteiger charge is -2.27. The zero-order valence-corrected chi connectivity index (χ0v) is 16.2. The first-order valence-corrected chi connectivity index (χ1v) is 9.20. The van der Waals surface area contributed by atoms with Crippen LogP contribution in [0, 0.1) is 0 Å². The Morgan fingerprint density at radius 3 is 2.57 bits per heavy atom. The number of carbonyl (C=O) groups excluding carboxylic acids is 2. The highest BCUT2D eigenvalue weighted by Crippen LogP contribution is 2.29. The number of fused-ring (bicyclic) bond motifs is 1. The molecular weight excluding hydrogens is 361 g/mol. The Labute approximate surface area is 163 Å². The molecule has 1 N–H and O–H groups in total. The van der Waals surface area contributed by atoms with Gasteiger partial charge in [-0.3, -0.25) is 9.69 Å². The number of carbonyl (C=O) groups is 2. The molecule has 2 heterocycles. The molecule has 0 saturated heterocycles. The molecule has 3 rings (SSSR count). The van der Waals surface area contributed by atoms with Gasteiger partial charge in [-0.15, -0.1) is 0 Å². The van der Waals surface area contributed by atoms with Gasteiger partial charge in [0, 0.05) is 12.7 Å². The lowest BCUT2D eigenvalue weighted by Crippen LogP contribution is -2.46. The van der Waals surface area contributed by atoms with Gasteiger partial charge in [0.25, 0.3) is 5.91 Å². The second-order valence-electron chi connectivity index (χ2n) is 7.66. The lowest BCUT2D eigenvalue weighted by molar-refractivity contribution is -0.124. The van der Waals surface area contributed by atoms with Gasteiger partial charge in [-0.2, -0.15) is 0 Å². The highest BCUT2D eigenvalue weighted by atomic mass is 19.1. The van der Waals surface area contributed by atoms with E-state index in [0.29, 0.717) is 24.3 Å². The number of halogens is 1. The number of hydrogen-bond acceptors (Lipinski definition) is 4. The fourth-order valence-electron chi connectivity index (χ4n) is 3.13. The maximum Gasteiger partial charge on any atom is 0.408 e. The van der Waals surface area contributed by atoms with Crippen molar-refractivity contribution in [2.24, 2.45) is 0 Å². The highest BCUT2D eigenvalue weighted by Gasteiger charge is 2.38. The number of anilines is 1. The van der Waals surface area contributed by atoms with E-state index in [1.54, 1.807) is 63.4 Å². The van der Waals surface area contributed by atoms with Gasteiger partial charge in [-0.25, -0.2) is 14.2 Å². The van der Waals surface area contributed by atoms with Crippen LogP contribution in [0.5, 0.6) is 0 Å². The minimum Gasteiger partial charge on any atom is -0.444 e. The van der Waals surface area contributed by atoms with Crippen molar-refractivity contribution in [3.05, 3.63) is 59.8 Å². The van der Waals surface area contributed by atoms with E-state index in [0.717, 1.165) is 5.56 Å². The van der Waals surface area contributed by atoms with E-state index >= 15 is 4.39 Å². The van der Waals surface area contributed by atoms with Gasteiger partial charge in [0.1, 0.15) is 11.4 Å². The number of alkyl carbamates (subject to hydrolysis) is 1. The first-order chi connectivity index (χ1) is 13.3. The summed E-state index contributed by atoms with van der Waals surface area (Å²) in [6.07, 6.45) is -0.567. The molecule has 1 aliphatic heterocycles. The van der Waals surface area contributed by atoms with E-state index in [1.807, 2.05) is 6.07 Å². The third-order valence-electron chi connectivity index (χ3n) is 4.35. The summed E-state index contributed by atoms with van der Waals surface area (Å²) < 4.78 is 20.6. The minimum atomic E-state index is -1.98. The van der Waals surface area contributed by atoms with Crippen molar-refractivity contribution in [2.75, 3.05) is 11.4 Å². The molecule has 148 valence electrons. The molecule has 2 amide bonds. The molecule has 1 aromatic heterocycles. The van der Waals surface area contributed by atoms with Crippen molar-refractivity contribution in [3.8, 4) is 0 Å². The summed E-state index contributed by atoms with van der Waals surface area (Å²) in [7, 11) is 0. The van der Waals surface area contributed by atoms with Crippen molar-refractivity contribution in [1.29, 1.82) is 0 Å². The molecular formula is C21H24FN3O3. The molecule has 1 aromatic carbocycles. The summed E-state index contributed by atoms with van der Waals surface area (Å²) in [5, 5.41) is 2.51. The fourth-order valence-corrected chi connectivity index (χ4v) is 3.13. The molecule has 0 bridgehead atoms. The molecule has 1 aliphatic rings. The number of hydrogen-bond donors (Lipinski definition) is 1. The average Bonchev–Trinajstić information content (AvgIpc) is 3.08. The number of rotatable bonds is 4. The second-order valence-corrected chi connectivity index (χ2v) is 7.66. The maximum atomic E-state index is 15.4. The minimum absolute atomic E-state index is 0.361. The predicted octanol–water partition coefficient (Wildman–Crippen LogP) is 3.57. The molecule has 0 spiro atoms. The molecule has 2 atom stereocenters. The Bertz CT molecular complexity index is 851. The third kappa shape index (κ3) is 4.47. The van der Waals surface area contributed by atoms with Crippen LogP contribution in [0.4, 0.5) is 15.0 Å². The maximum absolute atomic E-state index is 15.4. The van der Waals surface area contributed by atoms with Crippen LogP contribution in [0.2, 0.25) is 0 Å². The molecule has 0 radical (unpaired) electrons. The van der Waals surface area contributed by atoms with E-state index in [-0.39, 0.29) is 0 Å². The number of nitrogens with one attached hydrogen (secondary N) is 1. The SMILES string of the molecule is CC(C)(C)OC(=O)N[C@@H](c1ccccc1)[C@H](F)C(=O)N1CCc2cccnc21.